The van der Waals surface area contributed by atoms with Crippen LogP contribution in [0.25, 0.3) is 10.8 Å². The molecule has 0 aliphatic heterocycles. The van der Waals surface area contributed by atoms with E-state index in [1.165, 1.54) is 17.0 Å². The molecule has 2 aromatic rings. The molecule has 3 nitrogen and oxygen atoms in total. The maximum Gasteiger partial charge on any atom is 0.148 e. The average molecular weight is 277 g/mol. The highest BCUT2D eigenvalue weighted by Gasteiger charge is 2.14. The maximum atomic E-state index is 11.4. The molecule has 2 rings (SSSR count). The lowest BCUT2D eigenvalue weighted by atomic mass is 10.0. The molecule has 0 aliphatic rings. The fourth-order valence-corrected chi connectivity index (χ4v) is 3.28. The molecule has 0 spiro atoms. The van der Waals surface area contributed by atoms with Gasteiger partial charge in [-0.2, -0.15) is 0 Å². The van der Waals surface area contributed by atoms with Gasteiger partial charge < -0.3 is 5.32 Å². The number of hydrogen-bond donors (Lipinski definition) is 1. The predicted octanol–water partition coefficient (Wildman–Crippen LogP) is 2.01. The van der Waals surface area contributed by atoms with Gasteiger partial charge in [-0.1, -0.05) is 42.5 Å². The van der Waals surface area contributed by atoms with Crippen LogP contribution in [0.2, 0.25) is 0 Å². The zero-order valence-electron chi connectivity index (χ0n) is 11.3. The molecular formula is C15H19NO2S. The van der Waals surface area contributed by atoms with Crippen molar-refractivity contribution in [2.45, 2.75) is 12.5 Å². The standard InChI is InChI=1S/C15H19NO2S/c1-16-15(11-19(2,17)18)10-12-7-8-13-5-3-4-6-14(13)9-12/h3-9,15-16H,10-11H2,1-2H3. The van der Waals surface area contributed by atoms with Gasteiger partial charge in [-0.3, -0.25) is 0 Å². The third kappa shape index (κ3) is 4.04. The molecule has 1 atom stereocenters. The van der Waals surface area contributed by atoms with E-state index in [0.717, 1.165) is 5.56 Å². The van der Waals surface area contributed by atoms with Crippen molar-refractivity contribution in [1.29, 1.82) is 0 Å². The van der Waals surface area contributed by atoms with Crippen LogP contribution in [0.5, 0.6) is 0 Å². The Morgan fingerprint density at radius 2 is 1.79 bits per heavy atom. The van der Waals surface area contributed by atoms with Crippen molar-refractivity contribution >= 4 is 20.6 Å². The first-order chi connectivity index (χ1) is 8.98. The molecule has 0 bridgehead atoms. The van der Waals surface area contributed by atoms with Crippen LogP contribution in [-0.2, 0) is 16.3 Å². The van der Waals surface area contributed by atoms with Crippen molar-refractivity contribution in [3.63, 3.8) is 0 Å². The van der Waals surface area contributed by atoms with Crippen LogP contribution in [-0.4, -0.2) is 33.5 Å². The Labute approximate surface area is 114 Å². The average Bonchev–Trinajstić information content (AvgIpc) is 2.36. The van der Waals surface area contributed by atoms with E-state index in [-0.39, 0.29) is 11.8 Å². The molecule has 0 radical (unpaired) electrons. The van der Waals surface area contributed by atoms with Crippen LogP contribution in [0.1, 0.15) is 5.56 Å². The van der Waals surface area contributed by atoms with Gasteiger partial charge in [0.25, 0.3) is 0 Å². The molecule has 0 amide bonds. The van der Waals surface area contributed by atoms with Crippen LogP contribution in [0.3, 0.4) is 0 Å². The Hall–Kier alpha value is -1.39. The lowest BCUT2D eigenvalue weighted by molar-refractivity contribution is 0.567. The predicted molar refractivity (Wildman–Crippen MR) is 80.2 cm³/mol. The van der Waals surface area contributed by atoms with Crippen molar-refractivity contribution in [2.75, 3.05) is 19.1 Å². The molecule has 2 aromatic carbocycles. The van der Waals surface area contributed by atoms with E-state index in [1.807, 2.05) is 12.1 Å². The minimum absolute atomic E-state index is 0.0452. The van der Waals surface area contributed by atoms with Gasteiger partial charge in [-0.25, -0.2) is 8.42 Å². The van der Waals surface area contributed by atoms with Gasteiger partial charge in [-0.05, 0) is 29.8 Å². The van der Waals surface area contributed by atoms with E-state index < -0.39 is 9.84 Å². The van der Waals surface area contributed by atoms with Gasteiger partial charge in [0, 0.05) is 12.3 Å². The molecule has 102 valence electrons. The van der Waals surface area contributed by atoms with Crippen molar-refractivity contribution in [1.82, 2.24) is 5.32 Å². The fraction of sp³-hybridized carbons (Fsp3) is 0.333. The molecule has 0 saturated carbocycles. The van der Waals surface area contributed by atoms with Crippen LogP contribution < -0.4 is 5.32 Å². The van der Waals surface area contributed by atoms with Crippen LogP contribution in [0.4, 0.5) is 0 Å². The highest BCUT2D eigenvalue weighted by molar-refractivity contribution is 7.90. The summed E-state index contributed by atoms with van der Waals surface area (Å²) in [6, 6.07) is 14.4. The van der Waals surface area contributed by atoms with Gasteiger partial charge in [0.2, 0.25) is 0 Å². The zero-order valence-corrected chi connectivity index (χ0v) is 12.1. The Morgan fingerprint density at radius 3 is 2.42 bits per heavy atom. The fourth-order valence-electron chi connectivity index (χ4n) is 2.26. The van der Waals surface area contributed by atoms with E-state index in [2.05, 4.69) is 35.6 Å². The Balaban J connectivity index is 2.20. The minimum atomic E-state index is -2.96. The quantitative estimate of drug-likeness (QED) is 0.909. The summed E-state index contributed by atoms with van der Waals surface area (Å²) in [6.45, 7) is 0. The number of fused-ring (bicyclic) bond motifs is 1. The Kier molecular flexibility index (Phi) is 4.22. The molecule has 0 aliphatic carbocycles. The monoisotopic (exact) mass is 277 g/mol. The Bertz CT molecular complexity index is 665. The van der Waals surface area contributed by atoms with Crippen LogP contribution in [0.15, 0.2) is 42.5 Å². The summed E-state index contributed by atoms with van der Waals surface area (Å²) < 4.78 is 22.7. The summed E-state index contributed by atoms with van der Waals surface area (Å²) in [5.41, 5.74) is 1.15. The van der Waals surface area contributed by atoms with Gasteiger partial charge in [0.1, 0.15) is 9.84 Å². The molecule has 0 saturated heterocycles. The molecular weight excluding hydrogens is 258 g/mol. The second-order valence-corrected chi connectivity index (χ2v) is 7.15. The summed E-state index contributed by atoms with van der Waals surface area (Å²) in [7, 11) is -1.16. The van der Waals surface area contributed by atoms with E-state index in [4.69, 9.17) is 0 Å². The van der Waals surface area contributed by atoms with Gasteiger partial charge in [0.15, 0.2) is 0 Å². The lowest BCUT2D eigenvalue weighted by Gasteiger charge is -2.15. The summed E-state index contributed by atoms with van der Waals surface area (Å²) in [6.07, 6.45) is 1.99. The van der Waals surface area contributed by atoms with E-state index >= 15 is 0 Å². The van der Waals surface area contributed by atoms with Crippen molar-refractivity contribution in [3.05, 3.63) is 48.0 Å². The van der Waals surface area contributed by atoms with E-state index in [9.17, 15) is 8.42 Å². The van der Waals surface area contributed by atoms with Gasteiger partial charge in [-0.15, -0.1) is 0 Å². The second kappa shape index (κ2) is 5.72. The first kappa shape index (κ1) is 14.0. The highest BCUT2D eigenvalue weighted by atomic mass is 32.2. The van der Waals surface area contributed by atoms with Crippen LogP contribution >= 0.6 is 0 Å². The molecule has 1 unspecified atom stereocenters. The number of likely N-dealkylation sites (N-methyl/N-ethyl adjacent to an activating group) is 1. The number of nitrogens with one attached hydrogen (secondary N) is 1. The van der Waals surface area contributed by atoms with Crippen molar-refractivity contribution in [2.24, 2.45) is 0 Å². The summed E-state index contributed by atoms with van der Waals surface area (Å²) in [5, 5.41) is 5.47. The van der Waals surface area contributed by atoms with Crippen LogP contribution in [0, 0.1) is 0 Å². The summed E-state index contributed by atoms with van der Waals surface area (Å²) >= 11 is 0. The molecule has 0 aromatic heterocycles. The Morgan fingerprint density at radius 1 is 1.11 bits per heavy atom. The largest absolute Gasteiger partial charge is 0.316 e. The summed E-state index contributed by atoms with van der Waals surface area (Å²) in [4.78, 5) is 0. The maximum absolute atomic E-state index is 11.4. The van der Waals surface area contributed by atoms with E-state index in [1.54, 1.807) is 7.05 Å². The topological polar surface area (TPSA) is 46.2 Å². The van der Waals surface area contributed by atoms with Crippen molar-refractivity contribution < 1.29 is 8.42 Å². The zero-order chi connectivity index (χ0) is 13.9. The first-order valence-electron chi connectivity index (χ1n) is 6.30. The molecule has 0 heterocycles. The number of sulfone groups is 1. The number of hydrogen-bond acceptors (Lipinski definition) is 3. The molecule has 19 heavy (non-hydrogen) atoms. The molecule has 4 heteroatoms. The SMILES string of the molecule is CNC(Cc1ccc2ccccc2c1)CS(C)(=O)=O. The number of benzene rings is 2. The second-order valence-electron chi connectivity index (χ2n) is 4.96. The molecule has 0 fully saturated rings. The minimum Gasteiger partial charge on any atom is -0.316 e. The van der Waals surface area contributed by atoms with Gasteiger partial charge >= 0.3 is 0 Å². The first-order valence-corrected chi connectivity index (χ1v) is 8.36. The summed E-state index contributed by atoms with van der Waals surface area (Å²) in [5.74, 6) is 0.163. The van der Waals surface area contributed by atoms with E-state index in [0.29, 0.717) is 6.42 Å². The van der Waals surface area contributed by atoms with Crippen molar-refractivity contribution in [3.8, 4) is 0 Å². The third-order valence-electron chi connectivity index (χ3n) is 3.21. The third-order valence-corrected chi connectivity index (χ3v) is 4.22. The van der Waals surface area contributed by atoms with Gasteiger partial charge in [0.05, 0.1) is 5.75 Å². The molecule has 1 N–H and O–H groups in total. The normalized spacial score (nSPS) is 13.6. The smallest absolute Gasteiger partial charge is 0.148 e. The highest BCUT2D eigenvalue weighted by Crippen LogP contribution is 2.16. The lowest BCUT2D eigenvalue weighted by Crippen LogP contribution is -2.34. The number of rotatable bonds is 5.